The fourth-order valence-electron chi connectivity index (χ4n) is 0. The van der Waals surface area contributed by atoms with Crippen LogP contribution in [0.15, 0.2) is 0 Å². The van der Waals surface area contributed by atoms with Crippen LogP contribution in [0, 0.1) is 0 Å². The second kappa shape index (κ2) is 118. The third-order valence-electron chi connectivity index (χ3n) is 0. The molecular weight excluding hydrogens is 729 g/mol. The van der Waals surface area contributed by atoms with Gasteiger partial charge in [-0.3, -0.25) is 29.3 Å². The van der Waals surface area contributed by atoms with Crippen LogP contribution < -0.4 is 626 Å². The fraction of sp³-hybridized carbons (Fsp3) is 0. The van der Waals surface area contributed by atoms with Gasteiger partial charge < -0.3 is 82.2 Å². The number of hydrogen-bond acceptors (Lipinski definition) is 12. The first kappa shape index (κ1) is 126. The van der Waals surface area contributed by atoms with Crippen LogP contribution >= 0.6 is 0 Å². The topological polar surface area (TPSA) is 403 Å². The van der Waals surface area contributed by atoms with Crippen LogP contribution in [0.4, 0.5) is 0 Å². The molecule has 0 aromatic heterocycles. The molecular formula is H8B4K11O16-. The van der Waals surface area contributed by atoms with Gasteiger partial charge >= 0.3 is 565 Å². The first-order valence-corrected chi connectivity index (χ1v) is 2.83. The van der Waals surface area contributed by atoms with Gasteiger partial charge in [0, 0.05) is 0 Å². The zero-order chi connectivity index (χ0) is 14.3. The molecule has 128 valence electrons. The summed E-state index contributed by atoms with van der Waals surface area (Å²) in [6, 6.07) is 0. The second-order valence-corrected chi connectivity index (χ2v) is 1.15. The quantitative estimate of drug-likeness (QED) is 0.209. The predicted molar refractivity (Wildman–Crippen MR) is 37.5 cm³/mol. The SMILES string of the molecule is O.O.O.O.[K+].[K+].[K+].[K+].[K+].[K+].[K+].[K+].[K+].[K+].[K+].[O-]B([O-])[O-].[O-]B([O-])[O-].[O-]B([O-])[O-].[O-]B([O-])[O-]. The van der Waals surface area contributed by atoms with Crippen LogP contribution in [0.1, 0.15) is 0 Å². The van der Waals surface area contributed by atoms with Crippen molar-refractivity contribution in [1.82, 2.24) is 0 Å². The molecule has 0 rings (SSSR count). The van der Waals surface area contributed by atoms with Gasteiger partial charge in [-0.25, -0.2) is 0 Å². The van der Waals surface area contributed by atoms with Crippen molar-refractivity contribution in [3.05, 3.63) is 0 Å². The van der Waals surface area contributed by atoms with E-state index in [9.17, 15) is 0 Å². The number of hydrogen-bond donors (Lipinski definition) is 0. The van der Waals surface area contributed by atoms with Crippen molar-refractivity contribution in [3.8, 4) is 0 Å². The fourth-order valence-corrected chi connectivity index (χ4v) is 0. The Morgan fingerprint density at radius 2 is 0.194 bits per heavy atom. The van der Waals surface area contributed by atoms with Crippen molar-refractivity contribution in [3.63, 3.8) is 0 Å². The monoisotopic (exact) mass is 737 g/mol. The van der Waals surface area contributed by atoms with E-state index in [0.717, 1.165) is 0 Å². The summed E-state index contributed by atoms with van der Waals surface area (Å²) in [5.74, 6) is 0. The summed E-state index contributed by atoms with van der Waals surface area (Å²) >= 11 is 0. The van der Waals surface area contributed by atoms with Gasteiger partial charge in [-0.05, 0) is 0 Å². The molecule has 0 amide bonds. The Morgan fingerprint density at radius 3 is 0.194 bits per heavy atom. The van der Waals surface area contributed by atoms with E-state index < -0.39 is 29.3 Å². The van der Waals surface area contributed by atoms with Crippen LogP contribution in [0.25, 0.3) is 0 Å². The third kappa shape index (κ3) is 319. The molecule has 8 N–H and O–H groups in total. The average molecular weight is 737 g/mol. The maximum absolute atomic E-state index is 8.42. The van der Waals surface area contributed by atoms with Crippen LogP contribution in [-0.4, -0.2) is 51.2 Å². The molecule has 16 nitrogen and oxygen atoms in total. The van der Waals surface area contributed by atoms with Crippen molar-refractivity contribution in [1.29, 1.82) is 0 Å². The second-order valence-electron chi connectivity index (χ2n) is 1.15. The van der Waals surface area contributed by atoms with Crippen LogP contribution in [0.3, 0.4) is 0 Å². The zero-order valence-electron chi connectivity index (χ0n) is 20.2. The van der Waals surface area contributed by atoms with Gasteiger partial charge in [0.15, 0.2) is 0 Å². The molecule has 31 heteroatoms. The molecule has 0 saturated carbocycles. The van der Waals surface area contributed by atoms with Crippen LogP contribution in [-0.2, 0) is 0 Å². The Morgan fingerprint density at radius 1 is 0.194 bits per heavy atom. The molecule has 0 aromatic rings. The van der Waals surface area contributed by atoms with E-state index in [-0.39, 0.29) is 587 Å². The molecule has 31 heavy (non-hydrogen) atoms. The summed E-state index contributed by atoms with van der Waals surface area (Å²) in [4.78, 5) is 0. The molecule has 0 aliphatic heterocycles. The van der Waals surface area contributed by atoms with Crippen molar-refractivity contribution < 1.29 is 647 Å². The van der Waals surface area contributed by atoms with Gasteiger partial charge in [-0.1, -0.05) is 0 Å². The van der Waals surface area contributed by atoms with E-state index in [0.29, 0.717) is 0 Å². The van der Waals surface area contributed by atoms with Gasteiger partial charge in [0.05, 0.1) is 0 Å². The molecule has 0 spiro atoms. The summed E-state index contributed by atoms with van der Waals surface area (Å²) < 4.78 is 0. The molecule has 0 aliphatic rings. The third-order valence-corrected chi connectivity index (χ3v) is 0. The molecule has 0 heterocycles. The Labute approximate surface area is 651 Å². The Hall–Kier alpha value is 17.6. The van der Waals surface area contributed by atoms with Gasteiger partial charge in [0.1, 0.15) is 0 Å². The van der Waals surface area contributed by atoms with Crippen LogP contribution in [0.5, 0.6) is 0 Å². The largest absolute Gasteiger partial charge is 1.00 e. The maximum atomic E-state index is 8.42. The van der Waals surface area contributed by atoms with E-state index in [2.05, 4.69) is 0 Å². The van der Waals surface area contributed by atoms with Crippen molar-refractivity contribution in [2.24, 2.45) is 0 Å². The molecule has 0 aliphatic carbocycles. The minimum atomic E-state index is -2.92. The summed E-state index contributed by atoms with van der Waals surface area (Å²) in [5.41, 5.74) is 0. The standard InChI is InChI=1S/4BO3.11K.4H2O/c4*2-1(3)4;;;;;;;;;;;;;;;/h;;;;;;;;;;;;;;;4*1H2/q4*-3;11*+1;;;;. The zero-order valence-corrected chi connectivity index (χ0v) is 54.6. The first-order chi connectivity index (χ1) is 6.93. The maximum Gasteiger partial charge on any atom is 1.00 e. The normalized spacial score (nSPS) is 3.48. The summed E-state index contributed by atoms with van der Waals surface area (Å²) in [7, 11) is -11.7. The Kier molecular flexibility index (Phi) is 478. The molecule has 0 aromatic carbocycles. The van der Waals surface area contributed by atoms with Gasteiger partial charge in [0.2, 0.25) is 0 Å². The summed E-state index contributed by atoms with van der Waals surface area (Å²) in [6.07, 6.45) is 0. The van der Waals surface area contributed by atoms with Crippen LogP contribution in [0.2, 0.25) is 0 Å². The average Bonchev–Trinajstić information content (AvgIpc) is 1.76. The van der Waals surface area contributed by atoms with E-state index in [1.165, 1.54) is 0 Å². The van der Waals surface area contributed by atoms with E-state index >= 15 is 0 Å². The van der Waals surface area contributed by atoms with Gasteiger partial charge in [0.25, 0.3) is 0 Å². The number of rotatable bonds is 0. The Balaban J connectivity index is -0.00000000314. The van der Waals surface area contributed by atoms with E-state index in [4.69, 9.17) is 60.3 Å². The molecule has 0 bridgehead atoms. The van der Waals surface area contributed by atoms with Crippen molar-refractivity contribution in [2.45, 2.75) is 0 Å². The first-order valence-electron chi connectivity index (χ1n) is 2.83. The predicted octanol–water partition coefficient (Wildman–Crippen LogP) is -52.0. The molecule has 0 saturated heterocycles. The minimum Gasteiger partial charge on any atom is -0.907 e. The molecule has 0 atom stereocenters. The Bertz CT molecular complexity index is 86.5. The summed E-state index contributed by atoms with van der Waals surface area (Å²) in [6.45, 7) is 0. The smallest absolute Gasteiger partial charge is 0.907 e. The summed E-state index contributed by atoms with van der Waals surface area (Å²) in [5, 5.41) is 101. The molecule has 0 unspecified atom stereocenters. The minimum absolute atomic E-state index is 0. The molecule has 0 radical (unpaired) electrons. The van der Waals surface area contributed by atoms with E-state index in [1.807, 2.05) is 0 Å². The molecule has 0 fully saturated rings. The van der Waals surface area contributed by atoms with Crippen molar-refractivity contribution >= 4 is 29.3 Å². The van der Waals surface area contributed by atoms with Crippen molar-refractivity contribution in [2.75, 3.05) is 0 Å². The van der Waals surface area contributed by atoms with E-state index in [1.54, 1.807) is 0 Å². The van der Waals surface area contributed by atoms with Gasteiger partial charge in [-0.2, -0.15) is 0 Å². The van der Waals surface area contributed by atoms with Gasteiger partial charge in [-0.15, -0.1) is 0 Å².